The molecule has 3 aromatic carbocycles. The van der Waals surface area contributed by atoms with Gasteiger partial charge in [0.15, 0.2) is 0 Å². The van der Waals surface area contributed by atoms with Gasteiger partial charge in [0, 0.05) is 6.42 Å². The van der Waals surface area contributed by atoms with Gasteiger partial charge in [-0.1, -0.05) is 30.3 Å². The van der Waals surface area contributed by atoms with E-state index in [1.165, 1.54) is 12.1 Å². The third-order valence-corrected chi connectivity index (χ3v) is 6.27. The maximum atomic E-state index is 12.6. The highest BCUT2D eigenvalue weighted by Crippen LogP contribution is 2.24. The lowest BCUT2D eigenvalue weighted by atomic mass is 10.1. The topological polar surface area (TPSA) is 125 Å². The van der Waals surface area contributed by atoms with Gasteiger partial charge in [-0.15, -0.1) is 0 Å². The minimum absolute atomic E-state index is 0.137. The molecule has 160 valence electrons. The number of carbonyl (C=O) groups is 1. The summed E-state index contributed by atoms with van der Waals surface area (Å²) in [4.78, 5) is 16.1. The number of hydrogen-bond donors (Lipinski definition) is 2. The van der Waals surface area contributed by atoms with Gasteiger partial charge < -0.3 is 9.67 Å². The first-order valence-electron chi connectivity index (χ1n) is 9.63. The number of nitrogens with zero attached hydrogens (tertiary/aromatic N) is 3. The van der Waals surface area contributed by atoms with Crippen molar-refractivity contribution in [2.24, 2.45) is 0 Å². The summed E-state index contributed by atoms with van der Waals surface area (Å²) in [5.41, 5.74) is 2.78. The van der Waals surface area contributed by atoms with E-state index >= 15 is 0 Å². The van der Waals surface area contributed by atoms with Crippen molar-refractivity contribution in [3.8, 4) is 6.07 Å². The quantitative estimate of drug-likeness (QED) is 0.448. The summed E-state index contributed by atoms with van der Waals surface area (Å²) in [6, 6.07) is 21.8. The Bertz CT molecular complexity index is 1440. The molecule has 1 heterocycles. The molecule has 0 fully saturated rings. The average molecular weight is 446 g/mol. The van der Waals surface area contributed by atoms with Crippen molar-refractivity contribution < 1.29 is 18.3 Å². The number of hydrogen-bond acceptors (Lipinski definition) is 5. The number of anilines is 1. The number of sulfonamides is 1. The predicted octanol–water partition coefficient (Wildman–Crippen LogP) is 3.38. The number of aromatic nitrogens is 2. The third-order valence-electron chi connectivity index (χ3n) is 4.87. The van der Waals surface area contributed by atoms with Gasteiger partial charge in [0.05, 0.1) is 33.2 Å². The zero-order valence-corrected chi connectivity index (χ0v) is 17.6. The highest BCUT2D eigenvalue weighted by molar-refractivity contribution is 7.92. The number of carboxylic acid groups (broad SMARTS) is 1. The molecule has 2 N–H and O–H groups in total. The Hall–Kier alpha value is -4.16. The van der Waals surface area contributed by atoms with Crippen LogP contribution in [0, 0.1) is 11.3 Å². The molecule has 0 bridgehead atoms. The van der Waals surface area contributed by atoms with Crippen molar-refractivity contribution in [2.75, 3.05) is 4.72 Å². The Balaban J connectivity index is 1.70. The zero-order chi connectivity index (χ0) is 22.7. The van der Waals surface area contributed by atoms with E-state index in [0.29, 0.717) is 34.5 Å². The minimum Gasteiger partial charge on any atom is -0.480 e. The number of benzene rings is 3. The van der Waals surface area contributed by atoms with Crippen molar-refractivity contribution >= 4 is 32.7 Å². The Morgan fingerprint density at radius 3 is 2.44 bits per heavy atom. The fourth-order valence-corrected chi connectivity index (χ4v) is 4.45. The molecule has 0 spiro atoms. The summed E-state index contributed by atoms with van der Waals surface area (Å²) in [6.07, 6.45) is 0.360. The molecular weight excluding hydrogens is 428 g/mol. The molecule has 4 rings (SSSR count). The van der Waals surface area contributed by atoms with Crippen molar-refractivity contribution in [2.45, 2.75) is 17.9 Å². The molecule has 32 heavy (non-hydrogen) atoms. The highest BCUT2D eigenvalue weighted by atomic mass is 32.2. The molecule has 0 saturated carbocycles. The van der Waals surface area contributed by atoms with E-state index in [9.17, 15) is 18.3 Å². The maximum absolute atomic E-state index is 12.6. The largest absolute Gasteiger partial charge is 0.480 e. The van der Waals surface area contributed by atoms with E-state index in [-0.39, 0.29) is 11.4 Å². The summed E-state index contributed by atoms with van der Waals surface area (Å²) in [5.74, 6) is -0.491. The SMILES string of the molecule is N#Cc1ccc(Cc2nc3cc(NS(=O)(=O)c4ccccc4)ccc3n2CC(=O)O)cc1. The molecule has 4 aromatic rings. The predicted molar refractivity (Wildman–Crippen MR) is 119 cm³/mol. The lowest BCUT2D eigenvalue weighted by molar-refractivity contribution is -0.137. The number of rotatable bonds is 7. The van der Waals surface area contributed by atoms with Crippen LogP contribution in [0.15, 0.2) is 77.7 Å². The molecule has 0 aliphatic carbocycles. The number of imidazole rings is 1. The summed E-state index contributed by atoms with van der Waals surface area (Å²) in [7, 11) is -3.76. The van der Waals surface area contributed by atoms with Gasteiger partial charge in [-0.2, -0.15) is 5.26 Å². The second kappa shape index (κ2) is 8.53. The van der Waals surface area contributed by atoms with Crippen LogP contribution in [0.4, 0.5) is 5.69 Å². The molecule has 0 amide bonds. The van der Waals surface area contributed by atoms with Crippen LogP contribution < -0.4 is 4.72 Å². The van der Waals surface area contributed by atoms with Crippen molar-refractivity contribution in [1.29, 1.82) is 5.26 Å². The van der Waals surface area contributed by atoms with E-state index in [4.69, 9.17) is 5.26 Å². The van der Waals surface area contributed by atoms with Gasteiger partial charge in [-0.25, -0.2) is 13.4 Å². The van der Waals surface area contributed by atoms with Crippen LogP contribution in [0.3, 0.4) is 0 Å². The van der Waals surface area contributed by atoms with Crippen LogP contribution in [0.25, 0.3) is 11.0 Å². The Kier molecular flexibility index (Phi) is 5.62. The minimum atomic E-state index is -3.76. The molecule has 0 radical (unpaired) electrons. The van der Waals surface area contributed by atoms with E-state index in [2.05, 4.69) is 15.8 Å². The van der Waals surface area contributed by atoms with Gasteiger partial charge in [-0.3, -0.25) is 9.52 Å². The molecule has 0 aliphatic heterocycles. The molecule has 9 heteroatoms. The van der Waals surface area contributed by atoms with Crippen LogP contribution in [-0.2, 0) is 27.8 Å². The van der Waals surface area contributed by atoms with Crippen LogP contribution in [-0.4, -0.2) is 29.0 Å². The molecule has 0 atom stereocenters. The average Bonchev–Trinajstić information content (AvgIpc) is 3.10. The van der Waals surface area contributed by atoms with Gasteiger partial charge in [0.25, 0.3) is 10.0 Å². The van der Waals surface area contributed by atoms with Crippen LogP contribution >= 0.6 is 0 Å². The Morgan fingerprint density at radius 2 is 1.78 bits per heavy atom. The third kappa shape index (κ3) is 4.45. The molecular formula is C23H18N4O4S. The fraction of sp³-hybridized carbons (Fsp3) is 0.0870. The van der Waals surface area contributed by atoms with Gasteiger partial charge in [-0.05, 0) is 48.0 Å². The fourth-order valence-electron chi connectivity index (χ4n) is 3.38. The van der Waals surface area contributed by atoms with E-state index in [1.54, 1.807) is 65.2 Å². The van der Waals surface area contributed by atoms with Crippen molar-refractivity contribution in [1.82, 2.24) is 9.55 Å². The Morgan fingerprint density at radius 1 is 1.06 bits per heavy atom. The van der Waals surface area contributed by atoms with Gasteiger partial charge >= 0.3 is 5.97 Å². The molecule has 0 unspecified atom stereocenters. The normalized spacial score (nSPS) is 11.2. The van der Waals surface area contributed by atoms with Crippen LogP contribution in [0.1, 0.15) is 17.0 Å². The molecule has 8 nitrogen and oxygen atoms in total. The number of nitriles is 1. The molecule has 1 aromatic heterocycles. The first-order valence-corrected chi connectivity index (χ1v) is 11.1. The maximum Gasteiger partial charge on any atom is 0.323 e. The second-order valence-corrected chi connectivity index (χ2v) is 8.80. The van der Waals surface area contributed by atoms with Crippen molar-refractivity contribution in [3.05, 3.63) is 89.7 Å². The second-order valence-electron chi connectivity index (χ2n) is 7.12. The summed E-state index contributed by atoms with van der Waals surface area (Å²) in [6.45, 7) is -0.281. The van der Waals surface area contributed by atoms with Crippen LogP contribution in [0.5, 0.6) is 0 Å². The molecule has 0 saturated heterocycles. The smallest absolute Gasteiger partial charge is 0.323 e. The number of fused-ring (bicyclic) bond motifs is 1. The lowest BCUT2D eigenvalue weighted by Crippen LogP contribution is -2.13. The summed E-state index contributed by atoms with van der Waals surface area (Å²) in [5, 5.41) is 18.3. The van der Waals surface area contributed by atoms with E-state index in [0.717, 1.165) is 5.56 Å². The van der Waals surface area contributed by atoms with Crippen LogP contribution in [0.2, 0.25) is 0 Å². The summed E-state index contributed by atoms with van der Waals surface area (Å²) >= 11 is 0. The van der Waals surface area contributed by atoms with Crippen molar-refractivity contribution in [3.63, 3.8) is 0 Å². The monoisotopic (exact) mass is 446 g/mol. The highest BCUT2D eigenvalue weighted by Gasteiger charge is 2.17. The number of nitrogens with one attached hydrogen (secondary N) is 1. The van der Waals surface area contributed by atoms with Gasteiger partial charge in [0.2, 0.25) is 0 Å². The Labute approximate surface area is 184 Å². The molecule has 0 aliphatic rings. The standard InChI is InChI=1S/C23H18N4O4S/c24-14-17-8-6-16(7-9-17)12-22-25-20-13-18(10-11-21(20)27(22)15-23(28)29)26-32(30,31)19-4-2-1-3-5-19/h1-11,13,26H,12,15H2,(H,28,29). The zero-order valence-electron chi connectivity index (χ0n) is 16.8. The first-order chi connectivity index (χ1) is 15.4. The number of aliphatic carboxylic acids is 1. The van der Waals surface area contributed by atoms with E-state index in [1.807, 2.05) is 0 Å². The first kappa shape index (κ1) is 21.1. The lowest BCUT2D eigenvalue weighted by Gasteiger charge is -2.09. The summed E-state index contributed by atoms with van der Waals surface area (Å²) < 4.78 is 29.3. The van der Waals surface area contributed by atoms with Gasteiger partial charge in [0.1, 0.15) is 12.4 Å². The van der Waals surface area contributed by atoms with E-state index < -0.39 is 16.0 Å². The number of carboxylic acids is 1.